The summed E-state index contributed by atoms with van der Waals surface area (Å²) in [6, 6.07) is 21.7. The van der Waals surface area contributed by atoms with Gasteiger partial charge in [0, 0.05) is 29.3 Å². The molecule has 0 radical (unpaired) electrons. The number of nitrogens with one attached hydrogen (secondary N) is 1. The SMILES string of the molecule is O=C(Cc1ccccc1)N1CC[C@@H]2[C@H](CO)Nc3ccc(C#Cc4cccc(F)c4)cc3[C@@H]21. The molecule has 1 saturated heterocycles. The van der Waals surface area contributed by atoms with Gasteiger partial charge in [0.2, 0.25) is 5.91 Å². The Labute approximate surface area is 193 Å². The summed E-state index contributed by atoms with van der Waals surface area (Å²) in [6.45, 7) is 0.681. The standard InChI is InChI=1S/C28H25FN2O2/c29-22-8-4-7-20(15-22)9-10-21-11-12-25-24(16-21)28-23(26(18-32)30-25)13-14-31(28)27(33)17-19-5-2-1-3-6-19/h1-8,11-12,15-16,23,26,28,30,32H,13-14,17-18H2/t23-,26+,28-/m1/s1. The quantitative estimate of drug-likeness (QED) is 0.602. The fraction of sp³-hybridized carbons (Fsp3) is 0.250. The summed E-state index contributed by atoms with van der Waals surface area (Å²) in [5.74, 6) is 6.07. The van der Waals surface area contributed by atoms with E-state index in [0.717, 1.165) is 28.8 Å². The zero-order valence-electron chi connectivity index (χ0n) is 18.2. The number of carbonyl (C=O) groups excluding carboxylic acids is 1. The van der Waals surface area contributed by atoms with Crippen LogP contribution in [0.25, 0.3) is 0 Å². The molecule has 0 bridgehead atoms. The number of nitrogens with zero attached hydrogens (tertiary/aromatic N) is 1. The molecule has 3 atom stereocenters. The van der Waals surface area contributed by atoms with E-state index >= 15 is 0 Å². The van der Waals surface area contributed by atoms with Crippen LogP contribution in [-0.4, -0.2) is 35.1 Å². The first-order valence-electron chi connectivity index (χ1n) is 11.2. The molecule has 3 aromatic rings. The van der Waals surface area contributed by atoms with Gasteiger partial charge in [-0.05, 0) is 53.9 Å². The molecule has 0 saturated carbocycles. The number of amides is 1. The fourth-order valence-electron chi connectivity index (χ4n) is 5.00. The Balaban J connectivity index is 1.47. The maximum atomic E-state index is 13.5. The van der Waals surface area contributed by atoms with Gasteiger partial charge in [0.1, 0.15) is 5.82 Å². The van der Waals surface area contributed by atoms with Crippen LogP contribution in [0, 0.1) is 23.6 Å². The van der Waals surface area contributed by atoms with Crippen molar-refractivity contribution in [3.8, 4) is 11.8 Å². The fourth-order valence-corrected chi connectivity index (χ4v) is 5.00. The third-order valence-electron chi connectivity index (χ3n) is 6.56. The van der Waals surface area contributed by atoms with E-state index in [4.69, 9.17) is 0 Å². The highest BCUT2D eigenvalue weighted by Gasteiger charge is 2.45. The number of likely N-dealkylation sites (tertiary alicyclic amines) is 1. The van der Waals surface area contributed by atoms with Crippen molar-refractivity contribution in [2.75, 3.05) is 18.5 Å². The van der Waals surface area contributed by atoms with Crippen molar-refractivity contribution < 1.29 is 14.3 Å². The van der Waals surface area contributed by atoms with Crippen LogP contribution in [0.4, 0.5) is 10.1 Å². The Hall–Kier alpha value is -3.62. The van der Waals surface area contributed by atoms with Crippen LogP contribution < -0.4 is 5.32 Å². The second-order valence-corrected chi connectivity index (χ2v) is 8.64. The van der Waals surface area contributed by atoms with E-state index in [1.807, 2.05) is 53.4 Å². The van der Waals surface area contributed by atoms with Gasteiger partial charge in [0.15, 0.2) is 0 Å². The van der Waals surface area contributed by atoms with Crippen LogP contribution in [-0.2, 0) is 11.2 Å². The van der Waals surface area contributed by atoms with Crippen molar-refractivity contribution in [1.29, 1.82) is 0 Å². The van der Waals surface area contributed by atoms with E-state index in [9.17, 15) is 14.3 Å². The van der Waals surface area contributed by atoms with Crippen molar-refractivity contribution in [3.63, 3.8) is 0 Å². The number of hydrogen-bond acceptors (Lipinski definition) is 3. The predicted octanol–water partition coefficient (Wildman–Crippen LogP) is 4.14. The lowest BCUT2D eigenvalue weighted by Crippen LogP contribution is -2.43. The van der Waals surface area contributed by atoms with Gasteiger partial charge in [-0.2, -0.15) is 0 Å². The lowest BCUT2D eigenvalue weighted by molar-refractivity contribution is -0.131. The molecular formula is C28H25FN2O2. The smallest absolute Gasteiger partial charge is 0.227 e. The molecule has 2 aliphatic heterocycles. The zero-order chi connectivity index (χ0) is 22.8. The van der Waals surface area contributed by atoms with E-state index in [2.05, 4.69) is 17.2 Å². The highest BCUT2D eigenvalue weighted by molar-refractivity contribution is 5.80. The average molecular weight is 441 g/mol. The van der Waals surface area contributed by atoms with Crippen molar-refractivity contribution in [3.05, 3.63) is 101 Å². The average Bonchev–Trinajstić information content (AvgIpc) is 3.29. The first kappa shape index (κ1) is 21.2. The maximum absolute atomic E-state index is 13.5. The van der Waals surface area contributed by atoms with Gasteiger partial charge >= 0.3 is 0 Å². The van der Waals surface area contributed by atoms with E-state index in [1.54, 1.807) is 12.1 Å². The molecule has 2 heterocycles. The molecule has 0 spiro atoms. The summed E-state index contributed by atoms with van der Waals surface area (Å²) in [5.41, 5.74) is 4.36. The van der Waals surface area contributed by atoms with Gasteiger partial charge in [0.05, 0.1) is 25.1 Å². The summed E-state index contributed by atoms with van der Waals surface area (Å²) in [7, 11) is 0. The number of aliphatic hydroxyl groups excluding tert-OH is 1. The molecule has 2 N–H and O–H groups in total. The molecule has 1 amide bonds. The van der Waals surface area contributed by atoms with Crippen molar-refractivity contribution in [1.82, 2.24) is 4.90 Å². The Morgan fingerprint density at radius 2 is 1.82 bits per heavy atom. The monoisotopic (exact) mass is 440 g/mol. The highest BCUT2D eigenvalue weighted by Crippen LogP contribution is 2.46. The number of rotatable bonds is 3. The summed E-state index contributed by atoms with van der Waals surface area (Å²) in [5, 5.41) is 13.4. The van der Waals surface area contributed by atoms with Crippen LogP contribution in [0.2, 0.25) is 0 Å². The molecule has 5 heteroatoms. The molecule has 3 aromatic carbocycles. The molecule has 0 aliphatic carbocycles. The van der Waals surface area contributed by atoms with Gasteiger partial charge in [-0.1, -0.05) is 48.2 Å². The van der Waals surface area contributed by atoms with Gasteiger partial charge in [-0.25, -0.2) is 4.39 Å². The summed E-state index contributed by atoms with van der Waals surface area (Å²) >= 11 is 0. The first-order valence-corrected chi connectivity index (χ1v) is 11.2. The Bertz CT molecular complexity index is 1230. The highest BCUT2D eigenvalue weighted by atomic mass is 19.1. The van der Waals surface area contributed by atoms with Crippen LogP contribution in [0.5, 0.6) is 0 Å². The topological polar surface area (TPSA) is 52.6 Å². The van der Waals surface area contributed by atoms with Crippen LogP contribution in [0.15, 0.2) is 72.8 Å². The summed E-state index contributed by atoms with van der Waals surface area (Å²) in [6.07, 6.45) is 1.19. The third-order valence-corrected chi connectivity index (χ3v) is 6.56. The minimum absolute atomic E-state index is 0.0163. The Morgan fingerprint density at radius 3 is 2.58 bits per heavy atom. The molecule has 0 unspecified atom stereocenters. The number of aliphatic hydroxyl groups is 1. The van der Waals surface area contributed by atoms with Crippen LogP contribution in [0.1, 0.15) is 34.7 Å². The molecule has 2 aliphatic rings. The number of hydrogen-bond donors (Lipinski definition) is 2. The third kappa shape index (κ3) is 4.35. The predicted molar refractivity (Wildman–Crippen MR) is 126 cm³/mol. The summed E-state index contributed by atoms with van der Waals surface area (Å²) in [4.78, 5) is 15.2. The number of benzene rings is 3. The largest absolute Gasteiger partial charge is 0.394 e. The lowest BCUT2D eigenvalue weighted by Gasteiger charge is -2.39. The number of halogens is 1. The van der Waals surface area contributed by atoms with Crippen molar-refractivity contribution >= 4 is 11.6 Å². The normalized spacial score (nSPS) is 20.8. The van der Waals surface area contributed by atoms with Gasteiger partial charge in [-0.15, -0.1) is 0 Å². The van der Waals surface area contributed by atoms with E-state index < -0.39 is 0 Å². The summed E-state index contributed by atoms with van der Waals surface area (Å²) < 4.78 is 13.5. The van der Waals surface area contributed by atoms with Crippen molar-refractivity contribution in [2.45, 2.75) is 24.9 Å². The molecule has 1 fully saturated rings. The second kappa shape index (κ2) is 9.09. The molecule has 0 aromatic heterocycles. The van der Waals surface area contributed by atoms with E-state index in [0.29, 0.717) is 18.5 Å². The number of fused-ring (bicyclic) bond motifs is 3. The molecule has 4 nitrogen and oxygen atoms in total. The van der Waals surface area contributed by atoms with E-state index in [-0.39, 0.29) is 36.3 Å². The van der Waals surface area contributed by atoms with Crippen LogP contribution in [0.3, 0.4) is 0 Å². The minimum atomic E-state index is -0.312. The number of carbonyl (C=O) groups is 1. The Morgan fingerprint density at radius 1 is 1.03 bits per heavy atom. The maximum Gasteiger partial charge on any atom is 0.227 e. The van der Waals surface area contributed by atoms with Crippen LogP contribution >= 0.6 is 0 Å². The minimum Gasteiger partial charge on any atom is -0.394 e. The van der Waals surface area contributed by atoms with E-state index in [1.165, 1.54) is 12.1 Å². The van der Waals surface area contributed by atoms with Gasteiger partial charge in [-0.3, -0.25) is 4.79 Å². The molecule has 166 valence electrons. The Kier molecular flexibility index (Phi) is 5.85. The molecule has 33 heavy (non-hydrogen) atoms. The zero-order valence-corrected chi connectivity index (χ0v) is 18.2. The second-order valence-electron chi connectivity index (χ2n) is 8.64. The number of anilines is 1. The molecule has 5 rings (SSSR count). The molecular weight excluding hydrogens is 415 g/mol. The van der Waals surface area contributed by atoms with Crippen molar-refractivity contribution in [2.24, 2.45) is 5.92 Å². The van der Waals surface area contributed by atoms with Gasteiger partial charge < -0.3 is 15.3 Å². The lowest BCUT2D eigenvalue weighted by atomic mass is 9.82. The van der Waals surface area contributed by atoms with Gasteiger partial charge in [0.25, 0.3) is 0 Å². The first-order chi connectivity index (χ1) is 16.1.